The van der Waals surface area contributed by atoms with Gasteiger partial charge in [-0.2, -0.15) is 0 Å². The number of aryl methyl sites for hydroxylation is 1. The van der Waals surface area contributed by atoms with Crippen LogP contribution in [-0.4, -0.2) is 15.3 Å². The third kappa shape index (κ3) is 3.58. The van der Waals surface area contributed by atoms with Crippen LogP contribution in [0.5, 0.6) is 0 Å². The molecule has 0 saturated heterocycles. The first-order valence-electron chi connectivity index (χ1n) is 6.05. The van der Waals surface area contributed by atoms with Crippen LogP contribution in [0.15, 0.2) is 30.6 Å². The van der Waals surface area contributed by atoms with Crippen LogP contribution < -0.4 is 0 Å². The Balaban J connectivity index is 2.03. The van der Waals surface area contributed by atoms with Gasteiger partial charge in [-0.05, 0) is 24.6 Å². The van der Waals surface area contributed by atoms with E-state index in [0.29, 0.717) is 22.9 Å². The van der Waals surface area contributed by atoms with Crippen LogP contribution >= 0.6 is 23.2 Å². The molecule has 0 fully saturated rings. The Morgan fingerprint density at radius 2 is 2.05 bits per heavy atom. The van der Waals surface area contributed by atoms with E-state index in [1.807, 2.05) is 23.8 Å². The van der Waals surface area contributed by atoms with Gasteiger partial charge in [-0.15, -0.1) is 0 Å². The second-order valence-corrected chi connectivity index (χ2v) is 5.08. The molecule has 2 rings (SSSR count). The number of halogens is 2. The van der Waals surface area contributed by atoms with E-state index in [2.05, 4.69) is 4.98 Å². The van der Waals surface area contributed by atoms with Crippen molar-refractivity contribution < 1.29 is 4.79 Å². The molecule has 1 aromatic carbocycles. The van der Waals surface area contributed by atoms with Gasteiger partial charge in [0, 0.05) is 25.4 Å². The van der Waals surface area contributed by atoms with E-state index in [9.17, 15) is 4.79 Å². The van der Waals surface area contributed by atoms with Crippen molar-refractivity contribution in [3.63, 3.8) is 0 Å². The van der Waals surface area contributed by atoms with Crippen LogP contribution in [-0.2, 0) is 24.2 Å². The fraction of sp³-hybridized carbons (Fsp3) is 0.286. The van der Waals surface area contributed by atoms with Crippen LogP contribution in [0.4, 0.5) is 0 Å². The molecule has 0 aliphatic rings. The largest absolute Gasteiger partial charge is 0.335 e. The predicted molar refractivity (Wildman–Crippen MR) is 76.8 cm³/mol. The summed E-state index contributed by atoms with van der Waals surface area (Å²) >= 11 is 11.8. The number of hydrogen-bond donors (Lipinski definition) is 0. The monoisotopic (exact) mass is 296 g/mol. The van der Waals surface area contributed by atoms with Crippen LogP contribution in [0, 0.1) is 0 Å². The van der Waals surface area contributed by atoms with Crippen molar-refractivity contribution in [1.82, 2.24) is 9.55 Å². The zero-order valence-corrected chi connectivity index (χ0v) is 12.1. The summed E-state index contributed by atoms with van der Waals surface area (Å²) in [6, 6.07) is 5.26. The molecule has 3 nitrogen and oxygen atoms in total. The maximum Gasteiger partial charge on any atom is 0.144 e. The quantitative estimate of drug-likeness (QED) is 0.845. The third-order valence-electron chi connectivity index (χ3n) is 2.88. The number of nitrogens with zero attached hydrogens (tertiary/aromatic N) is 2. The number of carbonyl (C=O) groups excluding carboxylic acids is 1. The zero-order valence-electron chi connectivity index (χ0n) is 10.6. The maximum absolute atomic E-state index is 12.0. The molecule has 0 bridgehead atoms. The Morgan fingerprint density at radius 1 is 1.26 bits per heavy atom. The Hall–Kier alpha value is -1.32. The fourth-order valence-electron chi connectivity index (χ4n) is 1.91. The van der Waals surface area contributed by atoms with Crippen molar-refractivity contribution in [3.8, 4) is 0 Å². The zero-order chi connectivity index (χ0) is 13.8. The predicted octanol–water partition coefficient (Wildman–Crippen LogP) is 3.56. The van der Waals surface area contributed by atoms with Crippen molar-refractivity contribution in [1.29, 1.82) is 0 Å². The smallest absolute Gasteiger partial charge is 0.144 e. The molecule has 1 heterocycles. The molecule has 1 aromatic heterocycles. The van der Waals surface area contributed by atoms with Gasteiger partial charge in [0.05, 0.1) is 16.5 Å². The first-order chi connectivity index (χ1) is 9.10. The summed E-state index contributed by atoms with van der Waals surface area (Å²) in [7, 11) is 0. The molecule has 0 aliphatic heterocycles. The summed E-state index contributed by atoms with van der Waals surface area (Å²) < 4.78 is 1.97. The minimum absolute atomic E-state index is 0.110. The molecule has 0 unspecified atom stereocenters. The van der Waals surface area contributed by atoms with Crippen LogP contribution in [0.3, 0.4) is 0 Å². The van der Waals surface area contributed by atoms with Gasteiger partial charge in [0.25, 0.3) is 0 Å². The second kappa shape index (κ2) is 6.22. The van der Waals surface area contributed by atoms with Gasteiger partial charge in [-0.25, -0.2) is 4.98 Å². The third-order valence-corrected chi connectivity index (χ3v) is 3.62. The Kier molecular flexibility index (Phi) is 4.61. The Bertz CT molecular complexity index is 593. The van der Waals surface area contributed by atoms with E-state index in [1.165, 1.54) is 0 Å². The number of ketones is 1. The molecule has 0 N–H and O–H groups in total. The molecule has 0 saturated carbocycles. The number of benzene rings is 1. The summed E-state index contributed by atoms with van der Waals surface area (Å²) in [5.41, 5.74) is 0.869. The van der Waals surface area contributed by atoms with E-state index in [1.54, 1.807) is 18.3 Å². The van der Waals surface area contributed by atoms with E-state index >= 15 is 0 Å². The van der Waals surface area contributed by atoms with E-state index in [0.717, 1.165) is 17.9 Å². The first-order valence-corrected chi connectivity index (χ1v) is 6.81. The van der Waals surface area contributed by atoms with Crippen molar-refractivity contribution in [2.45, 2.75) is 26.3 Å². The number of imidazole rings is 1. The summed E-state index contributed by atoms with van der Waals surface area (Å²) in [5, 5.41) is 0.974. The van der Waals surface area contributed by atoms with Crippen molar-refractivity contribution >= 4 is 29.0 Å². The number of rotatable bonds is 5. The van der Waals surface area contributed by atoms with Crippen molar-refractivity contribution in [3.05, 3.63) is 52.0 Å². The summed E-state index contributed by atoms with van der Waals surface area (Å²) in [6.45, 7) is 2.84. The number of Topliss-reactive ketones (excluding diaryl/α,β-unsaturated/α-hetero) is 1. The minimum Gasteiger partial charge on any atom is -0.335 e. The highest BCUT2D eigenvalue weighted by molar-refractivity contribution is 6.42. The van der Waals surface area contributed by atoms with Gasteiger partial charge in [0.2, 0.25) is 0 Å². The van der Waals surface area contributed by atoms with E-state index < -0.39 is 0 Å². The van der Waals surface area contributed by atoms with Gasteiger partial charge < -0.3 is 4.57 Å². The summed E-state index contributed by atoms with van der Waals surface area (Å²) in [6.07, 6.45) is 4.27. The second-order valence-electron chi connectivity index (χ2n) is 4.27. The average Bonchev–Trinajstić information content (AvgIpc) is 2.81. The molecule has 0 radical (unpaired) electrons. The molecule has 0 amide bonds. The van der Waals surface area contributed by atoms with Crippen LogP contribution in [0.25, 0.3) is 0 Å². The molecule has 2 aromatic rings. The molecule has 0 spiro atoms. The molecule has 100 valence electrons. The van der Waals surface area contributed by atoms with Gasteiger partial charge in [0.15, 0.2) is 0 Å². The Morgan fingerprint density at radius 3 is 2.74 bits per heavy atom. The lowest BCUT2D eigenvalue weighted by atomic mass is 10.1. The number of aromatic nitrogens is 2. The van der Waals surface area contributed by atoms with Gasteiger partial charge >= 0.3 is 0 Å². The Labute approximate surface area is 122 Å². The summed E-state index contributed by atoms with van der Waals surface area (Å²) in [5.74, 6) is 0.909. The van der Waals surface area contributed by atoms with Crippen LogP contribution in [0.1, 0.15) is 18.3 Å². The van der Waals surface area contributed by atoms with E-state index in [4.69, 9.17) is 23.2 Å². The summed E-state index contributed by atoms with van der Waals surface area (Å²) in [4.78, 5) is 16.2. The van der Waals surface area contributed by atoms with Gasteiger partial charge in [-0.3, -0.25) is 4.79 Å². The van der Waals surface area contributed by atoms with Crippen molar-refractivity contribution in [2.75, 3.05) is 0 Å². The molecule has 5 heteroatoms. The first kappa shape index (κ1) is 14.1. The van der Waals surface area contributed by atoms with Gasteiger partial charge in [0.1, 0.15) is 11.6 Å². The molecule has 0 aliphatic carbocycles. The highest BCUT2D eigenvalue weighted by Gasteiger charge is 2.10. The highest BCUT2D eigenvalue weighted by Crippen LogP contribution is 2.23. The maximum atomic E-state index is 12.0. The van der Waals surface area contributed by atoms with Gasteiger partial charge in [-0.1, -0.05) is 29.3 Å². The molecular weight excluding hydrogens is 283 g/mol. The normalized spacial score (nSPS) is 10.7. The lowest BCUT2D eigenvalue weighted by Gasteiger charge is -2.05. The van der Waals surface area contributed by atoms with E-state index in [-0.39, 0.29) is 5.78 Å². The SMILES string of the molecule is CCn1ccnc1CC(=O)Cc1ccc(Cl)c(Cl)c1. The lowest BCUT2D eigenvalue weighted by Crippen LogP contribution is -2.11. The minimum atomic E-state index is 0.110. The highest BCUT2D eigenvalue weighted by atomic mass is 35.5. The molecule has 19 heavy (non-hydrogen) atoms. The molecule has 0 atom stereocenters. The molecular formula is C14H14Cl2N2O. The number of carbonyl (C=O) groups is 1. The fourth-order valence-corrected chi connectivity index (χ4v) is 2.23. The lowest BCUT2D eigenvalue weighted by molar-refractivity contribution is -0.117. The topological polar surface area (TPSA) is 34.9 Å². The standard InChI is InChI=1S/C14H14Cl2N2O/c1-2-18-6-5-17-14(18)9-11(19)7-10-3-4-12(15)13(16)8-10/h3-6,8H,2,7,9H2,1H3. The van der Waals surface area contributed by atoms with Crippen LogP contribution in [0.2, 0.25) is 10.0 Å². The van der Waals surface area contributed by atoms with Crippen molar-refractivity contribution in [2.24, 2.45) is 0 Å². The number of hydrogen-bond acceptors (Lipinski definition) is 2. The average molecular weight is 297 g/mol.